The summed E-state index contributed by atoms with van der Waals surface area (Å²) in [4.78, 5) is 8.14. The molecule has 0 N–H and O–H groups in total. The molecule has 0 amide bonds. The first-order valence-electron chi connectivity index (χ1n) is 9.54. The molecule has 0 radical (unpaired) electrons. The van der Waals surface area contributed by atoms with Gasteiger partial charge in [-0.1, -0.05) is 47.2 Å². The molecule has 0 spiro atoms. The van der Waals surface area contributed by atoms with Crippen molar-refractivity contribution in [2.45, 2.75) is 44.1 Å². The summed E-state index contributed by atoms with van der Waals surface area (Å²) in [5.41, 5.74) is 9.01. The van der Waals surface area contributed by atoms with Crippen molar-refractivity contribution in [3.63, 3.8) is 0 Å². The lowest BCUT2D eigenvalue weighted by molar-refractivity contribution is -0.260. The lowest BCUT2D eigenvalue weighted by Gasteiger charge is -2.39. The summed E-state index contributed by atoms with van der Waals surface area (Å²) in [5.74, 6) is -1.10. The Balaban J connectivity index is 2.08. The van der Waals surface area contributed by atoms with Crippen LogP contribution < -0.4 is 0 Å². The van der Waals surface area contributed by atoms with Crippen molar-refractivity contribution >= 4 is 16.8 Å². The number of hydrazone groups is 1. The molecule has 0 saturated carbocycles. The minimum atomic E-state index is -0.826. The van der Waals surface area contributed by atoms with E-state index in [1.807, 2.05) is 51.1 Å². The quantitative estimate of drug-likeness (QED) is 0.222. The first-order valence-corrected chi connectivity index (χ1v) is 10.4. The second kappa shape index (κ2) is 9.04. The predicted molar refractivity (Wildman–Crippen MR) is 115 cm³/mol. The molecule has 30 heavy (non-hydrogen) atoms. The molecule has 1 unspecified atom stereocenters. The summed E-state index contributed by atoms with van der Waals surface area (Å²) in [6.45, 7) is 5.98. The molecule has 0 aromatic heterocycles. The van der Waals surface area contributed by atoms with Crippen LogP contribution in [0.15, 0.2) is 58.7 Å². The first kappa shape index (κ1) is 22.1. The van der Waals surface area contributed by atoms with E-state index in [-0.39, 0.29) is 5.56 Å². The number of halogens is 2. The second-order valence-electron chi connectivity index (χ2n) is 7.82. The maximum absolute atomic E-state index is 14.5. The van der Waals surface area contributed by atoms with Gasteiger partial charge in [0.25, 0.3) is 0 Å². The standard InChI is InChI=1S/C21H23F2N5OS/c1-20(2,3)29-28-21(12-7-13-25-27-24,15-8-5-4-6-9-15)30-19(26-28)17-14-16(22)10-11-18(17)23/h4-6,8-11,14H,7,12-13H2,1-3H3. The van der Waals surface area contributed by atoms with E-state index in [1.54, 1.807) is 0 Å². The van der Waals surface area contributed by atoms with E-state index >= 15 is 0 Å². The van der Waals surface area contributed by atoms with Gasteiger partial charge in [0.05, 0.1) is 5.60 Å². The van der Waals surface area contributed by atoms with Crippen LogP contribution in [0.3, 0.4) is 0 Å². The van der Waals surface area contributed by atoms with Crippen LogP contribution in [0.1, 0.15) is 44.7 Å². The Labute approximate surface area is 178 Å². The third-order valence-electron chi connectivity index (χ3n) is 4.34. The molecule has 6 nitrogen and oxygen atoms in total. The summed E-state index contributed by atoms with van der Waals surface area (Å²) < 4.78 is 28.4. The highest BCUT2D eigenvalue weighted by Gasteiger charge is 2.48. The van der Waals surface area contributed by atoms with Gasteiger partial charge in [0.2, 0.25) is 0 Å². The highest BCUT2D eigenvalue weighted by Crippen LogP contribution is 2.51. The van der Waals surface area contributed by atoms with Crippen molar-refractivity contribution < 1.29 is 13.6 Å². The van der Waals surface area contributed by atoms with E-state index in [0.29, 0.717) is 24.4 Å². The number of azide groups is 1. The van der Waals surface area contributed by atoms with E-state index in [4.69, 9.17) is 10.4 Å². The highest BCUT2D eigenvalue weighted by atomic mass is 32.2. The van der Waals surface area contributed by atoms with E-state index in [9.17, 15) is 8.78 Å². The summed E-state index contributed by atoms with van der Waals surface area (Å²) in [5, 5.41) is 9.99. The highest BCUT2D eigenvalue weighted by molar-refractivity contribution is 8.15. The molecule has 1 aliphatic heterocycles. The Morgan fingerprint density at radius 2 is 1.93 bits per heavy atom. The predicted octanol–water partition coefficient (Wildman–Crippen LogP) is 6.35. The Morgan fingerprint density at radius 1 is 1.20 bits per heavy atom. The summed E-state index contributed by atoms with van der Waals surface area (Å²) >= 11 is 1.30. The average molecular weight is 432 g/mol. The SMILES string of the molecule is CC(C)(C)ON1N=C(c2cc(F)ccc2F)SC1(CCCN=[N+]=[N-])c1ccccc1. The minimum Gasteiger partial charge on any atom is -0.249 e. The Bertz CT molecular complexity index is 973. The van der Waals surface area contributed by atoms with Crippen molar-refractivity contribution in [1.82, 2.24) is 5.17 Å². The zero-order valence-corrected chi connectivity index (χ0v) is 17.9. The molecule has 1 atom stereocenters. The number of hydrogen-bond donors (Lipinski definition) is 0. The van der Waals surface area contributed by atoms with Gasteiger partial charge in [-0.05, 0) is 62.9 Å². The molecule has 158 valence electrons. The van der Waals surface area contributed by atoms with E-state index < -0.39 is 22.1 Å². The zero-order chi connectivity index (χ0) is 21.8. The van der Waals surface area contributed by atoms with Gasteiger partial charge in [-0.15, -0.1) is 10.3 Å². The van der Waals surface area contributed by atoms with E-state index in [0.717, 1.165) is 23.8 Å². The number of rotatable bonds is 7. The fourth-order valence-electron chi connectivity index (χ4n) is 3.10. The third kappa shape index (κ3) is 4.92. The zero-order valence-electron chi connectivity index (χ0n) is 17.0. The number of thioether (sulfide) groups is 1. The smallest absolute Gasteiger partial charge is 0.162 e. The molecule has 1 aliphatic rings. The van der Waals surface area contributed by atoms with Crippen LogP contribution in [0, 0.1) is 11.6 Å². The molecule has 2 aromatic rings. The van der Waals surface area contributed by atoms with Gasteiger partial charge in [0.1, 0.15) is 16.7 Å². The monoisotopic (exact) mass is 431 g/mol. The second-order valence-corrected chi connectivity index (χ2v) is 9.08. The lowest BCUT2D eigenvalue weighted by atomic mass is 10.0. The van der Waals surface area contributed by atoms with Gasteiger partial charge in [0.15, 0.2) is 4.87 Å². The topological polar surface area (TPSA) is 73.6 Å². The van der Waals surface area contributed by atoms with Crippen LogP contribution in [-0.2, 0) is 9.71 Å². The molecule has 0 saturated heterocycles. The van der Waals surface area contributed by atoms with Gasteiger partial charge in [-0.25, -0.2) is 13.6 Å². The molecule has 0 fully saturated rings. The molecule has 3 rings (SSSR count). The molecular weight excluding hydrogens is 408 g/mol. The summed E-state index contributed by atoms with van der Waals surface area (Å²) in [7, 11) is 0. The van der Waals surface area contributed by atoms with Gasteiger partial charge in [-0.2, -0.15) is 0 Å². The minimum absolute atomic E-state index is 0.0790. The van der Waals surface area contributed by atoms with Crippen molar-refractivity contribution in [3.05, 3.63) is 81.7 Å². The normalized spacial score (nSPS) is 18.8. The van der Waals surface area contributed by atoms with E-state index in [2.05, 4.69) is 15.1 Å². The van der Waals surface area contributed by atoms with Gasteiger partial charge < -0.3 is 0 Å². The summed E-state index contributed by atoms with van der Waals surface area (Å²) in [6.07, 6.45) is 1.07. The van der Waals surface area contributed by atoms with Crippen molar-refractivity contribution in [3.8, 4) is 0 Å². The average Bonchev–Trinajstić information content (AvgIpc) is 3.05. The first-order chi connectivity index (χ1) is 14.2. The number of nitrogens with zero attached hydrogens (tertiary/aromatic N) is 5. The molecule has 1 heterocycles. The molecule has 9 heteroatoms. The lowest BCUT2D eigenvalue weighted by Crippen LogP contribution is -2.42. The largest absolute Gasteiger partial charge is 0.249 e. The van der Waals surface area contributed by atoms with Gasteiger partial charge >= 0.3 is 0 Å². The molecule has 0 bridgehead atoms. The van der Waals surface area contributed by atoms with E-state index in [1.165, 1.54) is 16.9 Å². The summed E-state index contributed by atoms with van der Waals surface area (Å²) in [6, 6.07) is 12.9. The Hall–Kier alpha value is -2.61. The van der Waals surface area contributed by atoms with Crippen molar-refractivity contribution in [1.29, 1.82) is 0 Å². The van der Waals surface area contributed by atoms with Crippen molar-refractivity contribution in [2.75, 3.05) is 6.54 Å². The van der Waals surface area contributed by atoms with Gasteiger partial charge in [0, 0.05) is 17.0 Å². The van der Waals surface area contributed by atoms with Crippen LogP contribution >= 0.6 is 11.8 Å². The number of hydroxylamine groups is 1. The van der Waals surface area contributed by atoms with Crippen molar-refractivity contribution in [2.24, 2.45) is 10.2 Å². The van der Waals surface area contributed by atoms with Gasteiger partial charge in [-0.3, -0.25) is 0 Å². The molecule has 0 aliphatic carbocycles. The molecule has 2 aromatic carbocycles. The number of hydrogen-bond acceptors (Lipinski definition) is 5. The number of benzene rings is 2. The van der Waals surface area contributed by atoms with Crippen LogP contribution in [0.5, 0.6) is 0 Å². The van der Waals surface area contributed by atoms with Crippen LogP contribution in [0.25, 0.3) is 10.4 Å². The Kier molecular flexibility index (Phi) is 6.65. The Morgan fingerprint density at radius 3 is 2.60 bits per heavy atom. The fraction of sp³-hybridized carbons (Fsp3) is 0.381. The van der Waals surface area contributed by atoms with Crippen LogP contribution in [0.4, 0.5) is 8.78 Å². The third-order valence-corrected chi connectivity index (χ3v) is 5.77. The van der Waals surface area contributed by atoms with Crippen LogP contribution in [-0.4, -0.2) is 22.4 Å². The maximum atomic E-state index is 14.5. The van der Waals surface area contributed by atoms with Crippen LogP contribution in [0.2, 0.25) is 0 Å². The fourth-order valence-corrected chi connectivity index (χ4v) is 4.46. The molecular formula is C21H23F2N5OS. The maximum Gasteiger partial charge on any atom is 0.162 e.